The Balaban J connectivity index is 2.24. The molecule has 0 aliphatic heterocycles. The molecule has 2 unspecified atom stereocenters. The molecule has 10 nitrogen and oxygen atoms in total. The van der Waals surface area contributed by atoms with Crippen molar-refractivity contribution in [3.63, 3.8) is 0 Å². The first-order valence-corrected chi connectivity index (χ1v) is 7.02. The van der Waals surface area contributed by atoms with Crippen LogP contribution in [0.5, 0.6) is 0 Å². The number of nitrogens with zero attached hydrogens (tertiary/aromatic N) is 3. The fourth-order valence-electron chi connectivity index (χ4n) is 2.29. The molecule has 0 spiro atoms. The van der Waals surface area contributed by atoms with Crippen molar-refractivity contribution in [2.45, 2.75) is 39.1 Å². The number of rotatable bonds is 6. The second kappa shape index (κ2) is 5.97. The largest absolute Gasteiger partial charge is 0.480 e. The van der Waals surface area contributed by atoms with E-state index >= 15 is 0 Å². The minimum absolute atomic E-state index is 0.0433. The number of nitrogen functional groups attached to an aromatic ring is 1. The summed E-state index contributed by atoms with van der Waals surface area (Å²) >= 11 is 0. The zero-order chi connectivity index (χ0) is 17.4. The third-order valence-electron chi connectivity index (χ3n) is 3.96. The highest BCUT2D eigenvalue weighted by Crippen LogP contribution is 2.22. The first-order chi connectivity index (χ1) is 10.7. The van der Waals surface area contributed by atoms with Gasteiger partial charge in [-0.25, -0.2) is 4.98 Å². The number of carbonyl (C=O) groups is 1. The fraction of sp³-hybridized carbons (Fsp3) is 0.538. The molecule has 0 fully saturated rings. The van der Waals surface area contributed by atoms with E-state index in [2.05, 4.69) is 15.0 Å². The van der Waals surface area contributed by atoms with E-state index in [4.69, 9.17) is 16.2 Å². The van der Waals surface area contributed by atoms with Crippen molar-refractivity contribution >= 4 is 23.1 Å². The van der Waals surface area contributed by atoms with Crippen LogP contribution in [0.4, 0.5) is 5.95 Å². The van der Waals surface area contributed by atoms with Crippen molar-refractivity contribution in [2.24, 2.45) is 11.7 Å². The Morgan fingerprint density at radius 2 is 2.17 bits per heavy atom. The lowest BCUT2D eigenvalue weighted by Gasteiger charge is -2.34. The van der Waals surface area contributed by atoms with Crippen LogP contribution in [0.25, 0.3) is 11.2 Å². The Kier molecular flexibility index (Phi) is 4.39. The summed E-state index contributed by atoms with van der Waals surface area (Å²) in [4.78, 5) is 33.5. The van der Waals surface area contributed by atoms with Crippen LogP contribution in [-0.2, 0) is 16.3 Å². The Morgan fingerprint density at radius 3 is 2.74 bits per heavy atom. The van der Waals surface area contributed by atoms with E-state index in [0.29, 0.717) is 0 Å². The van der Waals surface area contributed by atoms with E-state index < -0.39 is 23.2 Å². The number of aliphatic carboxylic acids is 1. The number of imidazole rings is 1. The van der Waals surface area contributed by atoms with Gasteiger partial charge in [-0.1, -0.05) is 13.8 Å². The Bertz CT molecular complexity index is 782. The lowest BCUT2D eigenvalue weighted by atomic mass is 9.83. The lowest BCUT2D eigenvalue weighted by molar-refractivity contribution is -0.154. The van der Waals surface area contributed by atoms with Crippen LogP contribution in [0, 0.1) is 5.92 Å². The molecule has 2 atom stereocenters. The molecule has 10 heteroatoms. The average molecular weight is 324 g/mol. The van der Waals surface area contributed by atoms with Gasteiger partial charge in [0.2, 0.25) is 5.95 Å². The molecule has 2 rings (SSSR count). The number of carboxylic acids is 1. The summed E-state index contributed by atoms with van der Waals surface area (Å²) in [6, 6.07) is 0. The number of carboxylic acid groups (broad SMARTS) is 1. The van der Waals surface area contributed by atoms with Crippen LogP contribution in [0.15, 0.2) is 11.1 Å². The Labute approximate surface area is 131 Å². The van der Waals surface area contributed by atoms with Crippen LogP contribution < -0.4 is 17.0 Å². The van der Waals surface area contributed by atoms with E-state index in [1.165, 1.54) is 10.9 Å². The summed E-state index contributed by atoms with van der Waals surface area (Å²) in [5, 5.41) is 9.38. The average Bonchev–Trinajstić information content (AvgIpc) is 2.86. The second-order valence-electron chi connectivity index (χ2n) is 5.67. The summed E-state index contributed by atoms with van der Waals surface area (Å²) in [5.74, 6) is -1.53. The van der Waals surface area contributed by atoms with E-state index in [1.54, 1.807) is 20.8 Å². The smallest absolute Gasteiger partial charge is 0.326 e. The van der Waals surface area contributed by atoms with Crippen molar-refractivity contribution in [2.75, 3.05) is 5.73 Å². The molecule has 2 aromatic rings. The molecule has 0 saturated heterocycles. The van der Waals surface area contributed by atoms with Crippen LogP contribution in [0.3, 0.4) is 0 Å². The molecule has 126 valence electrons. The summed E-state index contributed by atoms with van der Waals surface area (Å²) in [6.45, 7) is 4.94. The van der Waals surface area contributed by atoms with Gasteiger partial charge in [-0.3, -0.25) is 19.1 Å². The zero-order valence-corrected chi connectivity index (χ0v) is 13.1. The van der Waals surface area contributed by atoms with E-state index in [0.717, 1.165) is 0 Å². The van der Waals surface area contributed by atoms with Crippen molar-refractivity contribution in [1.29, 1.82) is 0 Å². The van der Waals surface area contributed by atoms with E-state index in [1.807, 2.05) is 0 Å². The predicted molar refractivity (Wildman–Crippen MR) is 82.5 cm³/mol. The second-order valence-corrected chi connectivity index (χ2v) is 5.67. The van der Waals surface area contributed by atoms with Gasteiger partial charge in [0.05, 0.1) is 12.4 Å². The molecule has 0 bridgehead atoms. The van der Waals surface area contributed by atoms with Crippen LogP contribution in [0.2, 0.25) is 0 Å². The van der Waals surface area contributed by atoms with Gasteiger partial charge >= 0.3 is 5.97 Å². The normalized spacial score (nSPS) is 15.7. The SMILES string of the molecule is CC(C)C(N)(C(=O)O)C(C)OCn1cnc2c(=O)[nH]c(N)nc21. The van der Waals surface area contributed by atoms with Crippen molar-refractivity contribution < 1.29 is 14.6 Å². The van der Waals surface area contributed by atoms with Crippen molar-refractivity contribution in [1.82, 2.24) is 19.5 Å². The van der Waals surface area contributed by atoms with Crippen LogP contribution in [0.1, 0.15) is 20.8 Å². The number of aromatic nitrogens is 4. The number of anilines is 1. The van der Waals surface area contributed by atoms with Gasteiger partial charge in [-0.15, -0.1) is 0 Å². The topological polar surface area (TPSA) is 162 Å². The van der Waals surface area contributed by atoms with Crippen LogP contribution >= 0.6 is 0 Å². The first kappa shape index (κ1) is 16.9. The zero-order valence-electron chi connectivity index (χ0n) is 13.1. The standard InChI is InChI=1S/C13H20N6O4/c1-6(2)13(15,11(21)22)7(3)23-5-19-4-16-8-9(19)17-12(14)18-10(8)20/h4,6-7H,5,15H2,1-3H3,(H,21,22)(H3,14,17,18,20). The minimum atomic E-state index is -1.54. The highest BCUT2D eigenvalue weighted by Gasteiger charge is 2.43. The van der Waals surface area contributed by atoms with Gasteiger partial charge in [0.25, 0.3) is 5.56 Å². The number of hydrogen-bond donors (Lipinski definition) is 4. The monoisotopic (exact) mass is 324 g/mol. The van der Waals surface area contributed by atoms with Crippen molar-refractivity contribution in [3.05, 3.63) is 16.7 Å². The quantitative estimate of drug-likeness (QED) is 0.552. The van der Waals surface area contributed by atoms with Gasteiger partial charge < -0.3 is 21.3 Å². The maximum Gasteiger partial charge on any atom is 0.326 e. The first-order valence-electron chi connectivity index (χ1n) is 7.02. The molecule has 0 saturated carbocycles. The highest BCUT2D eigenvalue weighted by atomic mass is 16.5. The molecule has 0 aromatic carbocycles. The molecule has 2 heterocycles. The lowest BCUT2D eigenvalue weighted by Crippen LogP contribution is -2.60. The summed E-state index contributed by atoms with van der Waals surface area (Å²) in [5.41, 5.74) is 9.87. The Morgan fingerprint density at radius 1 is 1.52 bits per heavy atom. The van der Waals surface area contributed by atoms with Gasteiger partial charge in [0.1, 0.15) is 12.3 Å². The summed E-state index contributed by atoms with van der Waals surface area (Å²) in [6.07, 6.45) is 0.588. The number of H-pyrrole nitrogens is 1. The van der Waals surface area contributed by atoms with Gasteiger partial charge in [0.15, 0.2) is 11.2 Å². The number of hydrogen-bond acceptors (Lipinski definition) is 7. The molecule has 6 N–H and O–H groups in total. The maximum absolute atomic E-state index is 11.7. The molecule has 23 heavy (non-hydrogen) atoms. The third-order valence-corrected chi connectivity index (χ3v) is 3.96. The molecule has 0 aliphatic rings. The molecule has 2 aromatic heterocycles. The predicted octanol–water partition coefficient (Wildman–Crippen LogP) is -0.497. The molecular weight excluding hydrogens is 304 g/mol. The molecule has 0 radical (unpaired) electrons. The van der Waals surface area contributed by atoms with Gasteiger partial charge in [-0.05, 0) is 12.8 Å². The van der Waals surface area contributed by atoms with Crippen LogP contribution in [-0.4, -0.2) is 42.2 Å². The number of fused-ring (bicyclic) bond motifs is 1. The molecule has 0 amide bonds. The van der Waals surface area contributed by atoms with Gasteiger partial charge in [0, 0.05) is 0 Å². The number of aromatic amines is 1. The third kappa shape index (κ3) is 2.90. The number of nitrogens with one attached hydrogen (secondary N) is 1. The van der Waals surface area contributed by atoms with E-state index in [-0.39, 0.29) is 29.8 Å². The minimum Gasteiger partial charge on any atom is -0.480 e. The van der Waals surface area contributed by atoms with Gasteiger partial charge in [-0.2, -0.15) is 4.98 Å². The summed E-state index contributed by atoms with van der Waals surface area (Å²) in [7, 11) is 0. The van der Waals surface area contributed by atoms with E-state index in [9.17, 15) is 14.7 Å². The fourth-order valence-corrected chi connectivity index (χ4v) is 2.29. The molecular formula is C13H20N6O4. The summed E-state index contributed by atoms with van der Waals surface area (Å²) < 4.78 is 7.04. The number of ether oxygens (including phenoxy) is 1. The van der Waals surface area contributed by atoms with Crippen molar-refractivity contribution in [3.8, 4) is 0 Å². The Hall–Kier alpha value is -2.46. The maximum atomic E-state index is 11.7. The number of nitrogens with two attached hydrogens (primary N) is 2. The molecule has 0 aliphatic carbocycles. The highest BCUT2D eigenvalue weighted by molar-refractivity contribution is 5.79.